The van der Waals surface area contributed by atoms with Crippen molar-refractivity contribution in [2.24, 2.45) is 0 Å². The molecule has 1 atom stereocenters. The molecule has 1 aliphatic heterocycles. The Balaban J connectivity index is 1.28. The lowest BCUT2D eigenvalue weighted by atomic mass is 9.95. The van der Waals surface area contributed by atoms with Crippen LogP contribution in [-0.2, 0) is 17.9 Å². The molecule has 5 rings (SSSR count). The van der Waals surface area contributed by atoms with E-state index >= 15 is 0 Å². The van der Waals surface area contributed by atoms with E-state index in [2.05, 4.69) is 73.7 Å². The van der Waals surface area contributed by atoms with E-state index in [0.29, 0.717) is 25.2 Å². The third-order valence-electron chi connectivity index (χ3n) is 7.14. The van der Waals surface area contributed by atoms with Gasteiger partial charge in [-0.2, -0.15) is 4.80 Å². The lowest BCUT2D eigenvalue weighted by Gasteiger charge is -2.40. The van der Waals surface area contributed by atoms with E-state index in [1.165, 1.54) is 10.4 Å². The number of carboxylic acids is 1. The number of hydrogen-bond acceptors (Lipinski definition) is 7. The molecule has 4 aromatic rings. The quantitative estimate of drug-likeness (QED) is 0.280. The molecular formula is C30H34N6O3. The second-order valence-electron chi connectivity index (χ2n) is 9.98. The number of aliphatic carboxylic acids is 1. The molecule has 3 aromatic carbocycles. The highest BCUT2D eigenvalue weighted by Crippen LogP contribution is 2.32. The average molecular weight is 527 g/mol. The molecule has 1 fully saturated rings. The van der Waals surface area contributed by atoms with Crippen molar-refractivity contribution >= 4 is 5.97 Å². The normalized spacial score (nSPS) is 15.3. The van der Waals surface area contributed by atoms with Crippen LogP contribution >= 0.6 is 0 Å². The van der Waals surface area contributed by atoms with Crippen LogP contribution in [0.4, 0.5) is 0 Å². The summed E-state index contributed by atoms with van der Waals surface area (Å²) in [5.41, 5.74) is 4.40. The number of aromatic hydroxyl groups is 1. The molecule has 1 aromatic heterocycles. The fourth-order valence-corrected chi connectivity index (χ4v) is 5.13. The van der Waals surface area contributed by atoms with Gasteiger partial charge in [0.1, 0.15) is 5.75 Å². The van der Waals surface area contributed by atoms with Gasteiger partial charge in [0.2, 0.25) is 5.82 Å². The van der Waals surface area contributed by atoms with Gasteiger partial charge in [0, 0.05) is 44.7 Å². The van der Waals surface area contributed by atoms with Crippen LogP contribution < -0.4 is 0 Å². The number of aromatic nitrogens is 4. The maximum atomic E-state index is 10.7. The highest BCUT2D eigenvalue weighted by Gasteiger charge is 2.27. The largest absolute Gasteiger partial charge is 0.508 e. The van der Waals surface area contributed by atoms with Crippen LogP contribution in [0.3, 0.4) is 0 Å². The summed E-state index contributed by atoms with van der Waals surface area (Å²) in [5.74, 6) is 0.0182. The lowest BCUT2D eigenvalue weighted by Crippen LogP contribution is -2.47. The summed E-state index contributed by atoms with van der Waals surface area (Å²) in [4.78, 5) is 17.2. The van der Waals surface area contributed by atoms with Crippen molar-refractivity contribution in [1.29, 1.82) is 0 Å². The van der Waals surface area contributed by atoms with E-state index in [4.69, 9.17) is 5.11 Å². The predicted octanol–water partition coefficient (Wildman–Crippen LogP) is 4.21. The molecule has 39 heavy (non-hydrogen) atoms. The number of piperazine rings is 1. The van der Waals surface area contributed by atoms with Crippen molar-refractivity contribution in [3.05, 3.63) is 95.6 Å². The Morgan fingerprint density at radius 1 is 0.872 bits per heavy atom. The first-order chi connectivity index (χ1) is 19.0. The van der Waals surface area contributed by atoms with Gasteiger partial charge in [0.05, 0.1) is 12.6 Å². The van der Waals surface area contributed by atoms with E-state index < -0.39 is 5.97 Å². The van der Waals surface area contributed by atoms with E-state index in [1.54, 1.807) is 6.07 Å². The van der Waals surface area contributed by atoms with Gasteiger partial charge >= 0.3 is 5.97 Å². The Bertz CT molecular complexity index is 1350. The molecule has 0 radical (unpaired) electrons. The molecule has 1 saturated heterocycles. The fraction of sp³-hybridized carbons (Fsp3) is 0.333. The zero-order chi connectivity index (χ0) is 27.0. The van der Waals surface area contributed by atoms with Gasteiger partial charge in [-0.05, 0) is 46.9 Å². The van der Waals surface area contributed by atoms with Crippen molar-refractivity contribution in [3.8, 4) is 17.1 Å². The molecule has 0 aliphatic carbocycles. The van der Waals surface area contributed by atoms with Gasteiger partial charge in [-0.25, -0.2) is 0 Å². The highest BCUT2D eigenvalue weighted by molar-refractivity contribution is 5.66. The summed E-state index contributed by atoms with van der Waals surface area (Å²) in [6.07, 6.45) is 1.41. The number of phenols is 1. The average Bonchev–Trinajstić information content (AvgIpc) is 3.42. The smallest absolute Gasteiger partial charge is 0.303 e. The number of aryl methyl sites for hydroxylation is 1. The third-order valence-corrected chi connectivity index (χ3v) is 7.14. The molecule has 1 unspecified atom stereocenters. The van der Waals surface area contributed by atoms with Crippen LogP contribution in [-0.4, -0.2) is 72.4 Å². The molecule has 2 heterocycles. The zero-order valence-corrected chi connectivity index (χ0v) is 21.9. The monoisotopic (exact) mass is 526 g/mol. The number of carbonyl (C=O) groups is 1. The second kappa shape index (κ2) is 12.6. The first-order valence-electron chi connectivity index (χ1n) is 13.4. The lowest BCUT2D eigenvalue weighted by molar-refractivity contribution is -0.137. The maximum absolute atomic E-state index is 10.7. The minimum atomic E-state index is -0.791. The Labute approximate surface area is 228 Å². The van der Waals surface area contributed by atoms with Crippen LogP contribution in [0.15, 0.2) is 78.9 Å². The van der Waals surface area contributed by atoms with Crippen LogP contribution in [0.1, 0.15) is 42.0 Å². The molecular weight excluding hydrogens is 492 g/mol. The Hall–Kier alpha value is -4.08. The molecule has 1 aliphatic rings. The summed E-state index contributed by atoms with van der Waals surface area (Å²) < 4.78 is 0. The van der Waals surface area contributed by atoms with Gasteiger partial charge < -0.3 is 10.2 Å². The minimum absolute atomic E-state index is 0.0166. The summed E-state index contributed by atoms with van der Waals surface area (Å²) >= 11 is 0. The van der Waals surface area contributed by atoms with E-state index in [-0.39, 0.29) is 18.2 Å². The van der Waals surface area contributed by atoms with Crippen LogP contribution in [0, 0.1) is 0 Å². The third kappa shape index (κ3) is 7.07. The molecule has 2 N–H and O–H groups in total. The number of carboxylic acid groups (broad SMARTS) is 1. The second-order valence-corrected chi connectivity index (χ2v) is 9.98. The van der Waals surface area contributed by atoms with Gasteiger partial charge in [-0.3, -0.25) is 14.6 Å². The fourth-order valence-electron chi connectivity index (χ4n) is 5.13. The van der Waals surface area contributed by atoms with Crippen molar-refractivity contribution in [3.63, 3.8) is 0 Å². The Kier molecular flexibility index (Phi) is 8.60. The topological polar surface area (TPSA) is 108 Å². The molecule has 0 saturated carbocycles. The maximum Gasteiger partial charge on any atom is 0.303 e. The van der Waals surface area contributed by atoms with E-state index in [9.17, 15) is 9.90 Å². The number of phenolic OH excluding ortho intramolecular Hbond substituents is 1. The van der Waals surface area contributed by atoms with Crippen molar-refractivity contribution < 1.29 is 15.0 Å². The number of tetrazole rings is 1. The molecule has 202 valence electrons. The molecule has 0 spiro atoms. The number of hydrogen-bond donors (Lipinski definition) is 2. The molecule has 0 amide bonds. The van der Waals surface area contributed by atoms with Gasteiger partial charge in [0.15, 0.2) is 0 Å². The summed E-state index contributed by atoms with van der Waals surface area (Å²) in [6, 6.07) is 26.4. The van der Waals surface area contributed by atoms with Crippen LogP contribution in [0.25, 0.3) is 11.4 Å². The number of unbranched alkanes of at least 4 members (excludes halogenated alkanes) is 1. The number of nitrogens with zero attached hydrogens (tertiary/aromatic N) is 6. The molecule has 9 heteroatoms. The van der Waals surface area contributed by atoms with Crippen LogP contribution in [0.5, 0.6) is 5.75 Å². The van der Waals surface area contributed by atoms with Crippen molar-refractivity contribution in [2.75, 3.05) is 26.2 Å². The predicted molar refractivity (Wildman–Crippen MR) is 148 cm³/mol. The Morgan fingerprint density at radius 3 is 2.36 bits per heavy atom. The SMILES string of the molecule is O=C(O)CCCCn1nnc(-c2ccc(C(c3cccc(O)c3)N3CCN(Cc4ccccc4)CC3)cc2)n1. The number of benzene rings is 3. The highest BCUT2D eigenvalue weighted by atomic mass is 16.4. The summed E-state index contributed by atoms with van der Waals surface area (Å²) in [7, 11) is 0. The van der Waals surface area contributed by atoms with Crippen LogP contribution in [0.2, 0.25) is 0 Å². The van der Waals surface area contributed by atoms with E-state index in [0.717, 1.165) is 49.4 Å². The van der Waals surface area contributed by atoms with Crippen molar-refractivity contribution in [2.45, 2.75) is 38.4 Å². The number of rotatable bonds is 11. The first kappa shape index (κ1) is 26.5. The van der Waals surface area contributed by atoms with Gasteiger partial charge in [-0.1, -0.05) is 66.7 Å². The van der Waals surface area contributed by atoms with Gasteiger partial charge in [-0.15, -0.1) is 10.2 Å². The molecule has 0 bridgehead atoms. The standard InChI is InChI=1S/C30H34N6O3/c37-27-10-6-9-26(21-27)29(35-19-17-34(18-20-35)22-23-7-2-1-3-8-23)24-12-14-25(15-13-24)30-31-33-36(32-30)16-5-4-11-28(38)39/h1-3,6-10,12-15,21,29,37H,4-5,11,16-20,22H2,(H,38,39). The molecule has 9 nitrogen and oxygen atoms in total. The summed E-state index contributed by atoms with van der Waals surface area (Å²) in [5, 5.41) is 31.8. The first-order valence-corrected chi connectivity index (χ1v) is 13.4. The zero-order valence-electron chi connectivity index (χ0n) is 21.9. The van der Waals surface area contributed by atoms with E-state index in [1.807, 2.05) is 24.3 Å². The summed E-state index contributed by atoms with van der Waals surface area (Å²) in [6.45, 7) is 5.28. The minimum Gasteiger partial charge on any atom is -0.508 e. The Morgan fingerprint density at radius 2 is 1.64 bits per heavy atom. The van der Waals surface area contributed by atoms with Crippen molar-refractivity contribution in [1.82, 2.24) is 30.0 Å². The van der Waals surface area contributed by atoms with Gasteiger partial charge in [0.25, 0.3) is 0 Å².